The van der Waals surface area contributed by atoms with Crippen LogP contribution in [0.2, 0.25) is 0 Å². The summed E-state index contributed by atoms with van der Waals surface area (Å²) >= 11 is 0. The molecule has 0 saturated carbocycles. The average Bonchev–Trinajstić information content (AvgIpc) is 2.23. The van der Waals surface area contributed by atoms with Crippen molar-refractivity contribution in [1.82, 2.24) is 4.90 Å². The lowest BCUT2D eigenvalue weighted by molar-refractivity contribution is 0.0651. The van der Waals surface area contributed by atoms with Crippen LogP contribution in [0.4, 0.5) is 0 Å². The minimum Gasteiger partial charge on any atom is -0.391 e. The largest absolute Gasteiger partial charge is 0.391 e. The summed E-state index contributed by atoms with van der Waals surface area (Å²) in [7, 11) is 0. The second-order valence-corrected chi connectivity index (χ2v) is 4.42. The Morgan fingerprint density at radius 1 is 1.27 bits per heavy atom. The molecule has 1 heterocycles. The van der Waals surface area contributed by atoms with Gasteiger partial charge in [-0.3, -0.25) is 0 Å². The van der Waals surface area contributed by atoms with Gasteiger partial charge in [-0.05, 0) is 25.1 Å². The first kappa shape index (κ1) is 10.7. The molecule has 0 aliphatic carbocycles. The minimum absolute atomic E-state index is 0.229. The second kappa shape index (κ2) is 4.77. The van der Waals surface area contributed by atoms with Crippen LogP contribution < -0.4 is 0 Å². The maximum absolute atomic E-state index is 10.1. The summed E-state index contributed by atoms with van der Waals surface area (Å²) in [4.78, 5) is 2.31. The van der Waals surface area contributed by atoms with E-state index in [1.165, 1.54) is 12.0 Å². The van der Waals surface area contributed by atoms with Crippen molar-refractivity contribution < 1.29 is 5.11 Å². The van der Waals surface area contributed by atoms with Crippen molar-refractivity contribution in [2.75, 3.05) is 19.6 Å². The molecule has 0 spiro atoms. The van der Waals surface area contributed by atoms with Crippen molar-refractivity contribution in [3.05, 3.63) is 35.9 Å². The molecule has 2 atom stereocenters. The van der Waals surface area contributed by atoms with E-state index in [4.69, 9.17) is 0 Å². The highest BCUT2D eigenvalue weighted by atomic mass is 16.3. The van der Waals surface area contributed by atoms with Gasteiger partial charge in [0.1, 0.15) is 0 Å². The summed E-state index contributed by atoms with van der Waals surface area (Å²) in [6.45, 7) is 5.22. The first-order chi connectivity index (χ1) is 7.27. The molecule has 1 saturated heterocycles. The SMILES string of the molecule is CC(c1ccccc1)C(O)CN1CCC1. The van der Waals surface area contributed by atoms with E-state index in [0.717, 1.165) is 19.6 Å². The number of hydrogen-bond acceptors (Lipinski definition) is 2. The first-order valence-electron chi connectivity index (χ1n) is 5.73. The monoisotopic (exact) mass is 205 g/mol. The third-order valence-corrected chi connectivity index (χ3v) is 3.30. The molecule has 0 bridgehead atoms. The van der Waals surface area contributed by atoms with E-state index < -0.39 is 0 Å². The van der Waals surface area contributed by atoms with Gasteiger partial charge in [-0.15, -0.1) is 0 Å². The van der Waals surface area contributed by atoms with E-state index in [1.54, 1.807) is 0 Å². The van der Waals surface area contributed by atoms with E-state index in [0.29, 0.717) is 0 Å². The van der Waals surface area contributed by atoms with Gasteiger partial charge in [0.2, 0.25) is 0 Å². The third-order valence-electron chi connectivity index (χ3n) is 3.30. The normalized spacial score (nSPS) is 20.7. The number of likely N-dealkylation sites (tertiary alicyclic amines) is 1. The molecular formula is C13H19NO. The van der Waals surface area contributed by atoms with Gasteiger partial charge < -0.3 is 10.0 Å². The van der Waals surface area contributed by atoms with Gasteiger partial charge in [0.15, 0.2) is 0 Å². The number of rotatable bonds is 4. The molecule has 0 radical (unpaired) electrons. The zero-order valence-electron chi connectivity index (χ0n) is 9.26. The maximum Gasteiger partial charge on any atom is 0.0732 e. The highest BCUT2D eigenvalue weighted by Gasteiger charge is 2.22. The summed E-state index contributed by atoms with van der Waals surface area (Å²) in [5.41, 5.74) is 1.23. The highest BCUT2D eigenvalue weighted by Crippen LogP contribution is 2.20. The Hall–Kier alpha value is -0.860. The van der Waals surface area contributed by atoms with Gasteiger partial charge in [0, 0.05) is 12.5 Å². The van der Waals surface area contributed by atoms with Gasteiger partial charge in [0.25, 0.3) is 0 Å². The van der Waals surface area contributed by atoms with Crippen molar-refractivity contribution in [1.29, 1.82) is 0 Å². The van der Waals surface area contributed by atoms with Crippen LogP contribution in [0.5, 0.6) is 0 Å². The molecule has 82 valence electrons. The van der Waals surface area contributed by atoms with Gasteiger partial charge in [0.05, 0.1) is 6.10 Å². The summed E-state index contributed by atoms with van der Waals surface area (Å²) in [5, 5.41) is 10.1. The Morgan fingerprint density at radius 2 is 1.93 bits per heavy atom. The van der Waals surface area contributed by atoms with Crippen molar-refractivity contribution in [2.45, 2.75) is 25.4 Å². The Bertz CT molecular complexity index is 295. The zero-order chi connectivity index (χ0) is 10.7. The highest BCUT2D eigenvalue weighted by molar-refractivity contribution is 5.19. The standard InChI is InChI=1S/C13H19NO/c1-11(12-6-3-2-4-7-12)13(15)10-14-8-5-9-14/h2-4,6-7,11,13,15H,5,8-10H2,1H3. The Labute approximate surface area is 91.5 Å². The van der Waals surface area contributed by atoms with Crippen LogP contribution in [-0.2, 0) is 0 Å². The third kappa shape index (κ3) is 2.58. The molecular weight excluding hydrogens is 186 g/mol. The summed E-state index contributed by atoms with van der Waals surface area (Å²) in [5.74, 6) is 0.229. The van der Waals surface area contributed by atoms with Crippen LogP contribution >= 0.6 is 0 Å². The molecule has 1 aromatic carbocycles. The summed E-state index contributed by atoms with van der Waals surface area (Å²) in [6.07, 6.45) is 1.04. The maximum atomic E-state index is 10.1. The number of nitrogens with zero attached hydrogens (tertiary/aromatic N) is 1. The van der Waals surface area contributed by atoms with Gasteiger partial charge in [-0.1, -0.05) is 37.3 Å². The fourth-order valence-electron chi connectivity index (χ4n) is 1.97. The lowest BCUT2D eigenvalue weighted by Gasteiger charge is -2.34. The molecule has 2 nitrogen and oxygen atoms in total. The average molecular weight is 205 g/mol. The lowest BCUT2D eigenvalue weighted by atomic mass is 9.94. The lowest BCUT2D eigenvalue weighted by Crippen LogP contribution is -2.43. The molecule has 15 heavy (non-hydrogen) atoms. The Morgan fingerprint density at radius 3 is 2.47 bits per heavy atom. The Kier molecular flexibility index (Phi) is 3.39. The molecule has 1 aliphatic heterocycles. The second-order valence-electron chi connectivity index (χ2n) is 4.42. The van der Waals surface area contributed by atoms with Gasteiger partial charge in [-0.25, -0.2) is 0 Å². The number of aliphatic hydroxyl groups excluding tert-OH is 1. The number of β-amino-alcohol motifs (C(OH)–C–C–N with tert-alkyl or cyclic N) is 1. The molecule has 0 amide bonds. The number of aliphatic hydroxyl groups is 1. The van der Waals surface area contributed by atoms with E-state index in [9.17, 15) is 5.11 Å². The van der Waals surface area contributed by atoms with Gasteiger partial charge >= 0.3 is 0 Å². The summed E-state index contributed by atoms with van der Waals surface area (Å²) < 4.78 is 0. The van der Waals surface area contributed by atoms with E-state index in [1.807, 2.05) is 18.2 Å². The molecule has 0 aromatic heterocycles. The molecule has 2 unspecified atom stereocenters. The quantitative estimate of drug-likeness (QED) is 0.811. The van der Waals surface area contributed by atoms with Crippen LogP contribution in [0.15, 0.2) is 30.3 Å². The van der Waals surface area contributed by atoms with Crippen LogP contribution in [0.3, 0.4) is 0 Å². The molecule has 1 aliphatic rings. The number of hydrogen-bond donors (Lipinski definition) is 1. The van der Waals surface area contributed by atoms with Crippen molar-refractivity contribution in [3.63, 3.8) is 0 Å². The van der Waals surface area contributed by atoms with Crippen LogP contribution in [-0.4, -0.2) is 35.7 Å². The molecule has 1 aromatic rings. The number of benzene rings is 1. The molecule has 1 N–H and O–H groups in total. The van der Waals surface area contributed by atoms with E-state index in [-0.39, 0.29) is 12.0 Å². The minimum atomic E-state index is -0.243. The van der Waals surface area contributed by atoms with Gasteiger partial charge in [-0.2, -0.15) is 0 Å². The predicted molar refractivity (Wildman–Crippen MR) is 61.9 cm³/mol. The van der Waals surface area contributed by atoms with Crippen molar-refractivity contribution in [2.24, 2.45) is 0 Å². The predicted octanol–water partition coefficient (Wildman–Crippen LogP) is 1.86. The smallest absolute Gasteiger partial charge is 0.0732 e. The fraction of sp³-hybridized carbons (Fsp3) is 0.538. The first-order valence-corrected chi connectivity index (χ1v) is 5.73. The van der Waals surface area contributed by atoms with E-state index in [2.05, 4.69) is 24.0 Å². The fourth-order valence-corrected chi connectivity index (χ4v) is 1.97. The topological polar surface area (TPSA) is 23.5 Å². The van der Waals surface area contributed by atoms with Crippen LogP contribution in [0.1, 0.15) is 24.8 Å². The van der Waals surface area contributed by atoms with Crippen LogP contribution in [0, 0.1) is 0 Å². The molecule has 1 fully saturated rings. The zero-order valence-corrected chi connectivity index (χ0v) is 9.26. The summed E-state index contributed by atoms with van der Waals surface area (Å²) in [6, 6.07) is 10.2. The van der Waals surface area contributed by atoms with Crippen molar-refractivity contribution >= 4 is 0 Å². The van der Waals surface area contributed by atoms with Crippen molar-refractivity contribution in [3.8, 4) is 0 Å². The van der Waals surface area contributed by atoms with Crippen LogP contribution in [0.25, 0.3) is 0 Å². The van der Waals surface area contributed by atoms with E-state index >= 15 is 0 Å². The molecule has 2 rings (SSSR count). The molecule has 2 heteroatoms. The Balaban J connectivity index is 1.91.